The van der Waals surface area contributed by atoms with Crippen LogP contribution < -0.4 is 5.32 Å². The maximum absolute atomic E-state index is 13.1. The molecule has 0 aliphatic heterocycles. The fraction of sp³-hybridized carbons (Fsp3) is 0.375. The molecule has 2 bridgehead atoms. The van der Waals surface area contributed by atoms with Crippen molar-refractivity contribution >= 4 is 34.9 Å². The highest BCUT2D eigenvalue weighted by molar-refractivity contribution is 6.31. The lowest BCUT2D eigenvalue weighted by molar-refractivity contribution is -0.154. The fourth-order valence-electron chi connectivity index (χ4n) is 4.95. The lowest BCUT2D eigenvalue weighted by atomic mass is 9.75. The molecular formula is C24H24ClNO4. The van der Waals surface area contributed by atoms with Crippen LogP contribution in [0.5, 0.6) is 0 Å². The molecule has 6 heteroatoms. The zero-order valence-electron chi connectivity index (χ0n) is 16.8. The van der Waals surface area contributed by atoms with Crippen LogP contribution in [0.1, 0.15) is 35.2 Å². The van der Waals surface area contributed by atoms with Gasteiger partial charge in [0.05, 0.1) is 5.92 Å². The molecule has 0 radical (unpaired) electrons. The maximum Gasteiger partial charge on any atom is 0.310 e. The van der Waals surface area contributed by atoms with Gasteiger partial charge >= 0.3 is 5.97 Å². The lowest BCUT2D eigenvalue weighted by Crippen LogP contribution is -2.37. The molecule has 5 nitrogen and oxygen atoms in total. The number of Topliss-reactive ketones (excluding diaryl/α,β-unsaturated/α-hetero) is 1. The van der Waals surface area contributed by atoms with Gasteiger partial charge in [-0.1, -0.05) is 48.0 Å². The van der Waals surface area contributed by atoms with Crippen LogP contribution in [0.4, 0.5) is 5.69 Å². The van der Waals surface area contributed by atoms with Gasteiger partial charge in [0.1, 0.15) is 0 Å². The quantitative estimate of drug-likeness (QED) is 0.539. The first-order valence-corrected chi connectivity index (χ1v) is 10.6. The number of anilines is 1. The molecule has 0 aromatic heterocycles. The van der Waals surface area contributed by atoms with Gasteiger partial charge in [-0.05, 0) is 55.7 Å². The molecule has 156 valence electrons. The Balaban J connectivity index is 1.41. The van der Waals surface area contributed by atoms with E-state index < -0.39 is 17.8 Å². The third kappa shape index (κ3) is 4.12. The molecule has 2 saturated carbocycles. The van der Waals surface area contributed by atoms with Crippen LogP contribution in [0.2, 0.25) is 5.02 Å². The van der Waals surface area contributed by atoms with E-state index in [0.717, 1.165) is 24.8 Å². The van der Waals surface area contributed by atoms with Crippen LogP contribution in [0.3, 0.4) is 0 Å². The fourth-order valence-corrected chi connectivity index (χ4v) is 5.12. The first-order valence-electron chi connectivity index (χ1n) is 10.3. The molecule has 1 N–H and O–H groups in total. The minimum absolute atomic E-state index is 0.00348. The van der Waals surface area contributed by atoms with Gasteiger partial charge in [-0.2, -0.15) is 0 Å². The number of halogens is 1. The Morgan fingerprint density at radius 1 is 1.03 bits per heavy atom. The summed E-state index contributed by atoms with van der Waals surface area (Å²) in [5, 5.41) is 3.23. The normalized spacial score (nSPS) is 24.5. The molecule has 0 saturated heterocycles. The number of esters is 1. The van der Waals surface area contributed by atoms with Crippen molar-refractivity contribution in [3.63, 3.8) is 0 Å². The van der Waals surface area contributed by atoms with E-state index in [2.05, 4.69) is 5.32 Å². The van der Waals surface area contributed by atoms with Crippen LogP contribution in [0.25, 0.3) is 0 Å². The standard InChI is InChI=1S/C24H24ClNO4/c1-14-7-10-18(25)12-19(14)26-20(27)13-30-24(29)22-17-9-8-16(11-17)21(22)23(28)15-5-3-2-4-6-15/h2-7,10,12,16-17,21-22H,8-9,11,13H2,1H3,(H,26,27)/t16-,17-,21+,22-/m0/s1. The summed E-state index contributed by atoms with van der Waals surface area (Å²) in [6.07, 6.45) is 2.76. The number of carbonyl (C=O) groups is 3. The van der Waals surface area contributed by atoms with E-state index in [9.17, 15) is 14.4 Å². The number of hydrogen-bond donors (Lipinski definition) is 1. The number of ether oxygens (including phenoxy) is 1. The van der Waals surface area contributed by atoms with E-state index >= 15 is 0 Å². The molecule has 0 unspecified atom stereocenters. The van der Waals surface area contributed by atoms with Gasteiger partial charge in [0.25, 0.3) is 5.91 Å². The Kier molecular flexibility index (Phi) is 5.91. The van der Waals surface area contributed by atoms with E-state index in [1.54, 1.807) is 30.3 Å². The number of hydrogen-bond acceptors (Lipinski definition) is 4. The second kappa shape index (κ2) is 8.60. The summed E-state index contributed by atoms with van der Waals surface area (Å²) in [4.78, 5) is 38.3. The third-order valence-electron chi connectivity index (χ3n) is 6.37. The van der Waals surface area contributed by atoms with Crippen molar-refractivity contribution in [1.29, 1.82) is 0 Å². The van der Waals surface area contributed by atoms with Gasteiger partial charge in [-0.3, -0.25) is 14.4 Å². The van der Waals surface area contributed by atoms with Gasteiger partial charge in [0.15, 0.2) is 12.4 Å². The molecule has 4 rings (SSSR count). The number of fused-ring (bicyclic) bond motifs is 2. The zero-order chi connectivity index (χ0) is 21.3. The zero-order valence-corrected chi connectivity index (χ0v) is 17.5. The predicted octanol–water partition coefficient (Wildman–Crippen LogP) is 4.68. The van der Waals surface area contributed by atoms with Crippen molar-refractivity contribution in [2.45, 2.75) is 26.2 Å². The molecule has 2 fully saturated rings. The van der Waals surface area contributed by atoms with Crippen molar-refractivity contribution in [1.82, 2.24) is 0 Å². The highest BCUT2D eigenvalue weighted by atomic mass is 35.5. The number of ketones is 1. The number of aryl methyl sites for hydroxylation is 1. The van der Waals surface area contributed by atoms with E-state index in [4.69, 9.17) is 16.3 Å². The molecule has 30 heavy (non-hydrogen) atoms. The van der Waals surface area contributed by atoms with Crippen LogP contribution in [0, 0.1) is 30.6 Å². The Morgan fingerprint density at radius 3 is 2.47 bits per heavy atom. The second-order valence-electron chi connectivity index (χ2n) is 8.23. The summed E-state index contributed by atoms with van der Waals surface area (Å²) in [6, 6.07) is 14.3. The van der Waals surface area contributed by atoms with Crippen LogP contribution in [-0.4, -0.2) is 24.3 Å². The average Bonchev–Trinajstić information content (AvgIpc) is 3.36. The summed E-state index contributed by atoms with van der Waals surface area (Å²) in [5.41, 5.74) is 2.07. The Hall–Kier alpha value is -2.66. The largest absolute Gasteiger partial charge is 0.455 e. The molecule has 0 spiro atoms. The SMILES string of the molecule is Cc1ccc(Cl)cc1NC(=O)COC(=O)[C@H]1[C@H]2CC[C@@H](C2)[C@H]1C(=O)c1ccccc1. The molecular weight excluding hydrogens is 402 g/mol. The summed E-state index contributed by atoms with van der Waals surface area (Å²) in [7, 11) is 0. The van der Waals surface area contributed by atoms with Crippen molar-refractivity contribution in [2.24, 2.45) is 23.7 Å². The van der Waals surface area contributed by atoms with Crippen LogP contribution in [-0.2, 0) is 14.3 Å². The van der Waals surface area contributed by atoms with Crippen molar-refractivity contribution in [3.05, 3.63) is 64.7 Å². The molecule has 2 aliphatic carbocycles. The van der Waals surface area contributed by atoms with Gasteiger partial charge in [-0.15, -0.1) is 0 Å². The molecule has 2 aromatic carbocycles. The second-order valence-corrected chi connectivity index (χ2v) is 8.67. The first kappa shape index (κ1) is 20.6. The maximum atomic E-state index is 13.1. The van der Waals surface area contributed by atoms with Gasteiger partial charge in [-0.25, -0.2) is 0 Å². The van der Waals surface area contributed by atoms with Gasteiger partial charge in [0, 0.05) is 22.2 Å². The molecule has 4 atom stereocenters. The average molecular weight is 426 g/mol. The third-order valence-corrected chi connectivity index (χ3v) is 6.60. The summed E-state index contributed by atoms with van der Waals surface area (Å²) >= 11 is 5.98. The van der Waals surface area contributed by atoms with Crippen molar-refractivity contribution in [3.8, 4) is 0 Å². The monoisotopic (exact) mass is 425 g/mol. The van der Waals surface area contributed by atoms with E-state index in [-0.39, 0.29) is 30.1 Å². The van der Waals surface area contributed by atoms with E-state index in [0.29, 0.717) is 16.3 Å². The topological polar surface area (TPSA) is 72.5 Å². The van der Waals surface area contributed by atoms with E-state index in [1.807, 2.05) is 25.1 Å². The van der Waals surface area contributed by atoms with Gasteiger partial charge in [0.2, 0.25) is 0 Å². The van der Waals surface area contributed by atoms with E-state index in [1.165, 1.54) is 0 Å². The lowest BCUT2D eigenvalue weighted by Gasteiger charge is -2.28. The summed E-state index contributed by atoms with van der Waals surface area (Å²) in [6.45, 7) is 1.47. The molecule has 1 amide bonds. The molecule has 0 heterocycles. The van der Waals surface area contributed by atoms with Crippen LogP contribution in [0.15, 0.2) is 48.5 Å². The van der Waals surface area contributed by atoms with Crippen LogP contribution >= 0.6 is 11.6 Å². The van der Waals surface area contributed by atoms with Crippen molar-refractivity contribution < 1.29 is 19.1 Å². The number of benzene rings is 2. The van der Waals surface area contributed by atoms with Crippen molar-refractivity contribution in [2.75, 3.05) is 11.9 Å². The predicted molar refractivity (Wildman–Crippen MR) is 114 cm³/mol. The minimum Gasteiger partial charge on any atom is -0.455 e. The summed E-state index contributed by atoms with van der Waals surface area (Å²) in [5.74, 6) is -1.35. The molecule has 2 aromatic rings. The summed E-state index contributed by atoms with van der Waals surface area (Å²) < 4.78 is 5.36. The highest BCUT2D eigenvalue weighted by Crippen LogP contribution is 2.53. The number of nitrogens with one attached hydrogen (secondary N) is 1. The number of carbonyl (C=O) groups excluding carboxylic acids is 3. The van der Waals surface area contributed by atoms with Gasteiger partial charge < -0.3 is 10.1 Å². The smallest absolute Gasteiger partial charge is 0.310 e. The first-order chi connectivity index (χ1) is 14.4. The number of amides is 1. The Labute approximate surface area is 180 Å². The number of rotatable bonds is 6. The Morgan fingerprint density at radius 2 is 1.73 bits per heavy atom. The Bertz CT molecular complexity index is 974. The molecule has 2 aliphatic rings. The minimum atomic E-state index is -0.475. The highest BCUT2D eigenvalue weighted by Gasteiger charge is 2.54.